The van der Waals surface area contributed by atoms with Gasteiger partial charge in [0.1, 0.15) is 0 Å². The quantitative estimate of drug-likeness (QED) is 0.587. The Morgan fingerprint density at radius 3 is 2.69 bits per heavy atom. The highest BCUT2D eigenvalue weighted by Gasteiger charge is 2.15. The minimum absolute atomic E-state index is 0.0935. The second-order valence-electron chi connectivity index (χ2n) is 5.80. The van der Waals surface area contributed by atoms with Crippen LogP contribution in [0.2, 0.25) is 0 Å². The first-order valence-corrected chi connectivity index (χ1v) is 7.92. The van der Waals surface area contributed by atoms with E-state index in [2.05, 4.69) is 20.2 Å². The van der Waals surface area contributed by atoms with Crippen LogP contribution in [-0.2, 0) is 0 Å². The molecule has 0 saturated carbocycles. The van der Waals surface area contributed by atoms with Crippen molar-refractivity contribution in [2.75, 3.05) is 14.2 Å². The lowest BCUT2D eigenvalue weighted by Crippen LogP contribution is -1.94. The number of nitrogens with zero attached hydrogens (tertiary/aromatic N) is 4. The number of aryl methyl sites for hydroxylation is 1. The van der Waals surface area contributed by atoms with Crippen LogP contribution in [0.25, 0.3) is 28.0 Å². The number of nitrogens with one attached hydrogen (secondary N) is 1. The van der Waals surface area contributed by atoms with Crippen molar-refractivity contribution in [3.8, 4) is 34.6 Å². The van der Waals surface area contributed by atoms with Gasteiger partial charge in [0.05, 0.1) is 30.8 Å². The van der Waals surface area contributed by atoms with Crippen molar-refractivity contribution in [2.45, 2.75) is 6.92 Å². The molecule has 0 aromatic carbocycles. The van der Waals surface area contributed by atoms with Gasteiger partial charge < -0.3 is 14.6 Å². The van der Waals surface area contributed by atoms with Gasteiger partial charge in [0.15, 0.2) is 11.6 Å². The molecule has 0 spiro atoms. The van der Waals surface area contributed by atoms with Crippen molar-refractivity contribution in [1.82, 2.24) is 24.7 Å². The van der Waals surface area contributed by atoms with Crippen LogP contribution >= 0.6 is 0 Å². The van der Waals surface area contributed by atoms with Gasteiger partial charge in [-0.15, -0.1) is 0 Å². The van der Waals surface area contributed by atoms with Crippen molar-refractivity contribution in [3.63, 3.8) is 0 Å². The van der Waals surface area contributed by atoms with Crippen LogP contribution in [0.4, 0.5) is 0 Å². The van der Waals surface area contributed by atoms with E-state index in [-0.39, 0.29) is 5.88 Å². The molecule has 0 atom stereocenters. The molecular weight excluding hydrogens is 334 g/mol. The molecule has 4 aromatic rings. The molecule has 4 rings (SSSR count). The molecule has 0 fully saturated rings. The fraction of sp³-hybridized carbons (Fsp3) is 0.167. The van der Waals surface area contributed by atoms with Gasteiger partial charge in [-0.1, -0.05) is 0 Å². The second kappa shape index (κ2) is 6.07. The second-order valence-corrected chi connectivity index (χ2v) is 5.80. The Balaban J connectivity index is 1.81. The summed E-state index contributed by atoms with van der Waals surface area (Å²) < 4.78 is 12.1. The van der Waals surface area contributed by atoms with E-state index in [1.165, 1.54) is 7.11 Å². The van der Waals surface area contributed by atoms with Crippen LogP contribution in [0.5, 0.6) is 17.5 Å². The molecule has 0 amide bonds. The molecule has 0 saturated heterocycles. The third-order valence-electron chi connectivity index (χ3n) is 4.11. The molecule has 0 unspecified atom stereocenters. The molecular formula is C18H17N5O3. The third-order valence-corrected chi connectivity index (χ3v) is 4.11. The van der Waals surface area contributed by atoms with Crippen LogP contribution in [0.3, 0.4) is 0 Å². The van der Waals surface area contributed by atoms with Crippen molar-refractivity contribution < 1.29 is 14.6 Å². The van der Waals surface area contributed by atoms with E-state index in [1.54, 1.807) is 24.1 Å². The molecule has 0 aliphatic rings. The van der Waals surface area contributed by atoms with Gasteiger partial charge in [-0.3, -0.25) is 9.67 Å². The number of pyridine rings is 2. The zero-order valence-corrected chi connectivity index (χ0v) is 14.5. The number of fused-ring (bicyclic) bond motifs is 1. The zero-order chi connectivity index (χ0) is 18.3. The number of ether oxygens (including phenoxy) is 2. The highest BCUT2D eigenvalue weighted by molar-refractivity contribution is 5.87. The summed E-state index contributed by atoms with van der Waals surface area (Å²) in [6.07, 6.45) is 3.42. The van der Waals surface area contributed by atoms with Gasteiger partial charge in [0.2, 0.25) is 5.88 Å². The molecule has 8 heteroatoms. The summed E-state index contributed by atoms with van der Waals surface area (Å²) >= 11 is 0. The predicted molar refractivity (Wildman–Crippen MR) is 96.0 cm³/mol. The highest BCUT2D eigenvalue weighted by Crippen LogP contribution is 2.33. The summed E-state index contributed by atoms with van der Waals surface area (Å²) in [5.74, 6) is 1.64. The summed E-state index contributed by atoms with van der Waals surface area (Å²) in [5.41, 5.74) is 3.05. The van der Waals surface area contributed by atoms with Crippen molar-refractivity contribution in [1.29, 1.82) is 0 Å². The standard InChI is InChI=1S/C18H17N5O3/c1-10-6-16(22-21-10)23-9-14-12(18(23)24)4-5-13(20-14)11-7-15(25-2)17(26-3)19-8-11/h4-9,24H,1-3H3,(H,21,22). The van der Waals surface area contributed by atoms with Gasteiger partial charge in [0, 0.05) is 29.7 Å². The van der Waals surface area contributed by atoms with E-state index in [9.17, 15) is 5.11 Å². The fourth-order valence-corrected chi connectivity index (χ4v) is 2.81. The van der Waals surface area contributed by atoms with Gasteiger partial charge >= 0.3 is 0 Å². The van der Waals surface area contributed by atoms with Gasteiger partial charge in [-0.25, -0.2) is 9.97 Å². The Hall–Kier alpha value is -3.55. The predicted octanol–water partition coefficient (Wildman–Crippen LogP) is 2.84. The first kappa shape index (κ1) is 15.9. The number of aromatic amines is 1. The van der Waals surface area contributed by atoms with Crippen molar-refractivity contribution in [2.24, 2.45) is 0 Å². The molecule has 132 valence electrons. The number of hydrogen-bond acceptors (Lipinski definition) is 6. The minimum Gasteiger partial charge on any atom is -0.494 e. The first-order chi connectivity index (χ1) is 12.6. The Morgan fingerprint density at radius 1 is 1.15 bits per heavy atom. The van der Waals surface area contributed by atoms with Crippen LogP contribution in [0.1, 0.15) is 5.69 Å². The maximum absolute atomic E-state index is 10.5. The molecule has 0 radical (unpaired) electrons. The number of H-pyrrole nitrogens is 1. The SMILES string of the molecule is COc1cc(-c2ccc3c(O)n(-c4cc(C)[nH]n4)cc3n2)cnc1OC. The molecule has 0 bridgehead atoms. The van der Waals surface area contributed by atoms with Crippen LogP contribution in [-0.4, -0.2) is 44.1 Å². The normalized spacial score (nSPS) is 11.0. The van der Waals surface area contributed by atoms with Crippen LogP contribution in [0.15, 0.2) is 36.7 Å². The molecule has 8 nitrogen and oxygen atoms in total. The van der Waals surface area contributed by atoms with Crippen LogP contribution < -0.4 is 9.47 Å². The number of hydrogen-bond donors (Lipinski definition) is 2. The fourth-order valence-electron chi connectivity index (χ4n) is 2.81. The van der Waals surface area contributed by atoms with E-state index in [0.29, 0.717) is 34.0 Å². The monoisotopic (exact) mass is 351 g/mol. The molecule has 2 N–H and O–H groups in total. The van der Waals surface area contributed by atoms with E-state index < -0.39 is 0 Å². The lowest BCUT2D eigenvalue weighted by molar-refractivity contribution is 0.343. The number of aromatic nitrogens is 5. The Bertz CT molecular complexity index is 1100. The number of rotatable bonds is 4. The Morgan fingerprint density at radius 2 is 2.00 bits per heavy atom. The van der Waals surface area contributed by atoms with Gasteiger partial charge in [-0.2, -0.15) is 5.10 Å². The maximum atomic E-state index is 10.5. The smallest absolute Gasteiger partial charge is 0.256 e. The largest absolute Gasteiger partial charge is 0.494 e. The summed E-state index contributed by atoms with van der Waals surface area (Å²) in [7, 11) is 3.10. The summed E-state index contributed by atoms with van der Waals surface area (Å²) in [6.45, 7) is 1.90. The summed E-state index contributed by atoms with van der Waals surface area (Å²) in [5, 5.41) is 18.2. The average molecular weight is 351 g/mol. The molecule has 4 heterocycles. The highest BCUT2D eigenvalue weighted by atomic mass is 16.5. The Labute approximate surface area is 149 Å². The van der Waals surface area contributed by atoms with Gasteiger partial charge in [-0.05, 0) is 25.1 Å². The molecule has 26 heavy (non-hydrogen) atoms. The molecule has 0 aliphatic carbocycles. The van der Waals surface area contributed by atoms with Crippen molar-refractivity contribution >= 4 is 10.9 Å². The Kier molecular flexibility index (Phi) is 3.72. The van der Waals surface area contributed by atoms with Gasteiger partial charge in [0.25, 0.3) is 5.88 Å². The third kappa shape index (κ3) is 2.52. The number of methoxy groups -OCH3 is 2. The first-order valence-electron chi connectivity index (χ1n) is 7.92. The van der Waals surface area contributed by atoms with E-state index in [4.69, 9.17) is 9.47 Å². The lowest BCUT2D eigenvalue weighted by atomic mass is 10.1. The minimum atomic E-state index is 0.0935. The maximum Gasteiger partial charge on any atom is 0.256 e. The zero-order valence-electron chi connectivity index (χ0n) is 14.5. The summed E-state index contributed by atoms with van der Waals surface area (Å²) in [6, 6.07) is 7.30. The topological polar surface area (TPSA) is 98.1 Å². The lowest BCUT2D eigenvalue weighted by Gasteiger charge is -2.08. The van der Waals surface area contributed by atoms with E-state index in [0.717, 1.165) is 11.3 Å². The van der Waals surface area contributed by atoms with E-state index >= 15 is 0 Å². The average Bonchev–Trinajstić information content (AvgIpc) is 3.24. The van der Waals surface area contributed by atoms with Crippen molar-refractivity contribution in [3.05, 3.63) is 42.4 Å². The van der Waals surface area contributed by atoms with E-state index in [1.807, 2.05) is 31.2 Å². The number of aromatic hydroxyl groups is 1. The molecule has 4 aromatic heterocycles. The summed E-state index contributed by atoms with van der Waals surface area (Å²) in [4.78, 5) is 8.88. The van der Waals surface area contributed by atoms with Crippen LogP contribution in [0, 0.1) is 6.92 Å². The molecule has 0 aliphatic heterocycles.